The van der Waals surface area contributed by atoms with E-state index >= 15 is 0 Å². The van der Waals surface area contributed by atoms with E-state index in [-0.39, 0.29) is 6.10 Å². The lowest BCUT2D eigenvalue weighted by molar-refractivity contribution is 0.194. The minimum absolute atomic E-state index is 0.311. The minimum atomic E-state index is -0.311. The van der Waals surface area contributed by atoms with Crippen LogP contribution in [-0.4, -0.2) is 30.1 Å². The van der Waals surface area contributed by atoms with Crippen molar-refractivity contribution in [3.8, 4) is 0 Å². The molecule has 0 amide bonds. The Bertz CT molecular complexity index is 316. The highest BCUT2D eigenvalue weighted by Crippen LogP contribution is 2.20. The molecule has 0 aliphatic rings. The van der Waals surface area contributed by atoms with Gasteiger partial charge in [-0.25, -0.2) is 0 Å². The van der Waals surface area contributed by atoms with Crippen LogP contribution in [0.5, 0.6) is 0 Å². The molecule has 17 heavy (non-hydrogen) atoms. The minimum Gasteiger partial charge on any atom is -0.391 e. The summed E-state index contributed by atoms with van der Waals surface area (Å²) in [5.74, 6) is 1.32. The summed E-state index contributed by atoms with van der Waals surface area (Å²) < 4.78 is 0. The van der Waals surface area contributed by atoms with Gasteiger partial charge in [0.05, 0.1) is 6.10 Å². The summed E-state index contributed by atoms with van der Waals surface area (Å²) in [6.45, 7) is 5.91. The number of nitrogens with one attached hydrogen (secondary N) is 1. The van der Waals surface area contributed by atoms with E-state index in [9.17, 15) is 5.11 Å². The number of thioether (sulfide) groups is 1. The van der Waals surface area contributed by atoms with E-state index in [1.165, 1.54) is 0 Å². The number of aliphatic hydroxyl groups is 1. The van der Waals surface area contributed by atoms with E-state index in [1.54, 1.807) is 11.8 Å². The van der Waals surface area contributed by atoms with Crippen LogP contribution in [-0.2, 0) is 0 Å². The van der Waals surface area contributed by atoms with Crippen molar-refractivity contribution < 1.29 is 5.11 Å². The van der Waals surface area contributed by atoms with Gasteiger partial charge in [0.25, 0.3) is 0 Å². The van der Waals surface area contributed by atoms with Gasteiger partial charge in [0.1, 0.15) is 0 Å². The van der Waals surface area contributed by atoms with Gasteiger partial charge < -0.3 is 10.4 Å². The van der Waals surface area contributed by atoms with Crippen LogP contribution in [0, 0.1) is 5.92 Å². The van der Waals surface area contributed by atoms with Gasteiger partial charge in [0.15, 0.2) is 0 Å². The van der Waals surface area contributed by atoms with Gasteiger partial charge in [-0.1, -0.05) is 25.4 Å². The first kappa shape index (κ1) is 14.8. The number of hydrogen-bond donors (Lipinski definition) is 2. The quantitative estimate of drug-likeness (QED) is 0.749. The monoisotopic (exact) mass is 273 g/mol. The van der Waals surface area contributed by atoms with Gasteiger partial charge in [-0.05, 0) is 36.7 Å². The molecule has 0 aliphatic carbocycles. The molecular formula is C13H20ClNOS. The molecule has 96 valence electrons. The van der Waals surface area contributed by atoms with Gasteiger partial charge in [-0.15, -0.1) is 11.8 Å². The SMILES string of the molecule is CC(C)CNCC(O)CSc1ccc(Cl)cc1. The van der Waals surface area contributed by atoms with Crippen molar-refractivity contribution in [1.82, 2.24) is 5.32 Å². The summed E-state index contributed by atoms with van der Waals surface area (Å²) in [6, 6.07) is 7.68. The van der Waals surface area contributed by atoms with Crippen LogP contribution in [0.2, 0.25) is 5.02 Å². The van der Waals surface area contributed by atoms with Crippen LogP contribution in [0.1, 0.15) is 13.8 Å². The predicted molar refractivity (Wildman–Crippen MR) is 75.9 cm³/mol. The third-order valence-corrected chi connectivity index (χ3v) is 3.60. The number of benzene rings is 1. The highest BCUT2D eigenvalue weighted by atomic mass is 35.5. The Kier molecular flexibility index (Phi) is 6.97. The first-order valence-electron chi connectivity index (χ1n) is 5.85. The molecule has 0 radical (unpaired) electrons. The highest BCUT2D eigenvalue weighted by molar-refractivity contribution is 7.99. The van der Waals surface area contributed by atoms with Crippen molar-refractivity contribution in [1.29, 1.82) is 0 Å². The third-order valence-electron chi connectivity index (χ3n) is 2.19. The van der Waals surface area contributed by atoms with Gasteiger partial charge >= 0.3 is 0 Å². The molecule has 1 unspecified atom stereocenters. The Labute approximate surface area is 113 Å². The smallest absolute Gasteiger partial charge is 0.0758 e. The predicted octanol–water partition coefficient (Wildman–Crippen LogP) is 3.04. The molecule has 2 N–H and O–H groups in total. The second-order valence-corrected chi connectivity index (χ2v) is 6.00. The molecule has 1 aromatic carbocycles. The van der Waals surface area contributed by atoms with E-state index in [1.807, 2.05) is 24.3 Å². The summed E-state index contributed by atoms with van der Waals surface area (Å²) in [6.07, 6.45) is -0.311. The molecule has 0 saturated heterocycles. The number of aliphatic hydroxyl groups excluding tert-OH is 1. The Balaban J connectivity index is 2.19. The Morgan fingerprint density at radius 3 is 2.47 bits per heavy atom. The number of hydrogen-bond acceptors (Lipinski definition) is 3. The van der Waals surface area contributed by atoms with E-state index in [4.69, 9.17) is 11.6 Å². The fourth-order valence-corrected chi connectivity index (χ4v) is 2.28. The lowest BCUT2D eigenvalue weighted by Crippen LogP contribution is -2.30. The molecule has 0 aliphatic heterocycles. The summed E-state index contributed by atoms with van der Waals surface area (Å²) >= 11 is 7.45. The van der Waals surface area contributed by atoms with Crippen LogP contribution >= 0.6 is 23.4 Å². The molecule has 0 saturated carbocycles. The van der Waals surface area contributed by atoms with Gasteiger partial charge in [0.2, 0.25) is 0 Å². The van der Waals surface area contributed by atoms with Crippen molar-refractivity contribution in [3.05, 3.63) is 29.3 Å². The Morgan fingerprint density at radius 2 is 1.88 bits per heavy atom. The molecule has 1 rings (SSSR count). The molecule has 0 heterocycles. The van der Waals surface area contributed by atoms with Crippen LogP contribution in [0.3, 0.4) is 0 Å². The zero-order valence-electron chi connectivity index (χ0n) is 10.3. The summed E-state index contributed by atoms with van der Waals surface area (Å²) in [5, 5.41) is 13.8. The highest BCUT2D eigenvalue weighted by Gasteiger charge is 2.05. The average molecular weight is 274 g/mol. The molecule has 2 nitrogen and oxygen atoms in total. The normalized spacial score (nSPS) is 13.0. The Hall–Kier alpha value is -0.220. The number of halogens is 1. The maximum absolute atomic E-state index is 9.77. The average Bonchev–Trinajstić information content (AvgIpc) is 2.28. The molecule has 0 aromatic heterocycles. The van der Waals surface area contributed by atoms with E-state index in [0.29, 0.717) is 18.2 Å². The molecule has 0 bridgehead atoms. The molecule has 1 atom stereocenters. The molecule has 0 spiro atoms. The van der Waals surface area contributed by atoms with Crippen LogP contribution in [0.4, 0.5) is 0 Å². The van der Waals surface area contributed by atoms with Crippen molar-refractivity contribution in [2.24, 2.45) is 5.92 Å². The summed E-state index contributed by atoms with van der Waals surface area (Å²) in [5.41, 5.74) is 0. The lowest BCUT2D eigenvalue weighted by atomic mass is 10.2. The van der Waals surface area contributed by atoms with Crippen molar-refractivity contribution in [2.75, 3.05) is 18.8 Å². The lowest BCUT2D eigenvalue weighted by Gasteiger charge is -2.12. The van der Waals surface area contributed by atoms with Crippen molar-refractivity contribution in [3.63, 3.8) is 0 Å². The van der Waals surface area contributed by atoms with Crippen molar-refractivity contribution in [2.45, 2.75) is 24.8 Å². The zero-order chi connectivity index (χ0) is 12.7. The molecular weight excluding hydrogens is 254 g/mol. The standard InChI is InChI=1S/C13H20ClNOS/c1-10(2)7-15-8-12(16)9-17-13-5-3-11(14)4-6-13/h3-6,10,12,15-16H,7-9H2,1-2H3. The first-order valence-corrected chi connectivity index (χ1v) is 7.21. The van der Waals surface area contributed by atoms with Crippen LogP contribution in [0.25, 0.3) is 0 Å². The van der Waals surface area contributed by atoms with Crippen LogP contribution in [0.15, 0.2) is 29.2 Å². The fraction of sp³-hybridized carbons (Fsp3) is 0.538. The zero-order valence-corrected chi connectivity index (χ0v) is 11.9. The first-order chi connectivity index (χ1) is 8.08. The fourth-order valence-electron chi connectivity index (χ4n) is 1.32. The van der Waals surface area contributed by atoms with Gasteiger partial charge in [-0.2, -0.15) is 0 Å². The van der Waals surface area contributed by atoms with Gasteiger partial charge in [-0.3, -0.25) is 0 Å². The second kappa shape index (κ2) is 7.98. The van der Waals surface area contributed by atoms with Gasteiger partial charge in [0, 0.05) is 22.2 Å². The largest absolute Gasteiger partial charge is 0.391 e. The molecule has 1 aromatic rings. The molecule has 4 heteroatoms. The maximum atomic E-state index is 9.77. The second-order valence-electron chi connectivity index (χ2n) is 4.47. The van der Waals surface area contributed by atoms with E-state index in [0.717, 1.165) is 16.5 Å². The third kappa shape index (κ3) is 6.94. The molecule has 0 fully saturated rings. The summed E-state index contributed by atoms with van der Waals surface area (Å²) in [7, 11) is 0. The Morgan fingerprint density at radius 1 is 1.24 bits per heavy atom. The summed E-state index contributed by atoms with van der Waals surface area (Å²) in [4.78, 5) is 1.14. The maximum Gasteiger partial charge on any atom is 0.0758 e. The van der Waals surface area contributed by atoms with Crippen molar-refractivity contribution >= 4 is 23.4 Å². The van der Waals surface area contributed by atoms with E-state index < -0.39 is 0 Å². The van der Waals surface area contributed by atoms with E-state index in [2.05, 4.69) is 19.2 Å². The topological polar surface area (TPSA) is 32.3 Å². The van der Waals surface area contributed by atoms with Crippen LogP contribution < -0.4 is 5.32 Å². The number of rotatable bonds is 7.